The van der Waals surface area contributed by atoms with Crippen molar-refractivity contribution in [2.45, 2.75) is 11.1 Å². The second kappa shape index (κ2) is 4.37. The number of sulfonamides is 1. The van der Waals surface area contributed by atoms with Gasteiger partial charge in [0.1, 0.15) is 10.8 Å². The zero-order valence-electron chi connectivity index (χ0n) is 7.72. The molecule has 1 aromatic heterocycles. The van der Waals surface area contributed by atoms with Crippen LogP contribution in [0.25, 0.3) is 0 Å². The molecule has 0 bridgehead atoms. The largest absolute Gasteiger partial charge is 0.388 e. The number of hydrogen-bond donors (Lipinski definition) is 3. The van der Waals surface area contributed by atoms with Crippen LogP contribution in [0.4, 0.5) is 0 Å². The first kappa shape index (κ1) is 12.3. The zero-order valence-corrected chi connectivity index (χ0v) is 9.35. The molecule has 0 unspecified atom stereocenters. The van der Waals surface area contributed by atoms with Gasteiger partial charge in [-0.3, -0.25) is 4.79 Å². The lowest BCUT2D eigenvalue weighted by Crippen LogP contribution is -2.18. The molecule has 84 valence electrons. The molecule has 0 spiro atoms. The second-order valence-corrected chi connectivity index (χ2v) is 5.67. The fourth-order valence-corrected chi connectivity index (χ4v) is 3.21. The minimum absolute atomic E-state index is 0.137. The number of hydrogen-bond acceptors (Lipinski definition) is 6. The summed E-state index contributed by atoms with van der Waals surface area (Å²) < 4.78 is 22.3. The van der Waals surface area contributed by atoms with E-state index in [-0.39, 0.29) is 9.09 Å². The fraction of sp³-hybridized carbons (Fsp3) is 0.286. The zero-order chi connectivity index (χ0) is 11.6. The summed E-state index contributed by atoms with van der Waals surface area (Å²) in [6.07, 6.45) is 0. The van der Waals surface area contributed by atoms with Crippen molar-refractivity contribution in [1.82, 2.24) is 4.89 Å². The van der Waals surface area contributed by atoms with E-state index in [0.717, 1.165) is 0 Å². The van der Waals surface area contributed by atoms with Crippen molar-refractivity contribution in [3.8, 4) is 0 Å². The number of aliphatic hydroxyl groups excluding tert-OH is 1. The molecule has 8 heteroatoms. The summed E-state index contributed by atoms with van der Waals surface area (Å²) in [6, 6.07) is 1.35. The number of rotatable bonds is 4. The van der Waals surface area contributed by atoms with Crippen LogP contribution in [0.1, 0.15) is 15.2 Å². The van der Waals surface area contributed by atoms with Crippen LogP contribution in [0, 0.1) is 6.92 Å². The number of carbonyl (C=O) groups is 1. The molecule has 0 radical (unpaired) electrons. The third kappa shape index (κ3) is 2.41. The number of ketones is 1. The van der Waals surface area contributed by atoms with Crippen LogP contribution < -0.4 is 4.89 Å². The highest BCUT2D eigenvalue weighted by Crippen LogP contribution is 2.26. The Kier molecular flexibility index (Phi) is 3.58. The molecular weight excluding hydrogens is 242 g/mol. The normalized spacial score (nSPS) is 11.7. The van der Waals surface area contributed by atoms with E-state index < -0.39 is 22.4 Å². The number of thiophene rings is 1. The Labute approximate surface area is 90.2 Å². The summed E-state index contributed by atoms with van der Waals surface area (Å²) in [5.74, 6) is -0.553. The predicted molar refractivity (Wildman–Crippen MR) is 52.6 cm³/mol. The molecule has 3 N–H and O–H groups in total. The Morgan fingerprint density at radius 1 is 1.60 bits per heavy atom. The number of nitrogens with one attached hydrogen (secondary N) is 1. The fourth-order valence-electron chi connectivity index (χ4n) is 0.989. The van der Waals surface area contributed by atoms with Crippen molar-refractivity contribution in [3.63, 3.8) is 0 Å². The standard InChI is InChI=1S/C7H9NO5S2/c1-4-2-6(5(10)3-9)14-7(4)15(12,13)8-11/h2,8-9,11H,3H2,1H3. The van der Waals surface area contributed by atoms with E-state index in [0.29, 0.717) is 16.9 Å². The molecule has 0 aromatic carbocycles. The SMILES string of the molecule is Cc1cc(C(=O)CO)sc1S(=O)(=O)NO. The van der Waals surface area contributed by atoms with Gasteiger partial charge in [-0.25, -0.2) is 8.42 Å². The van der Waals surface area contributed by atoms with Crippen LogP contribution in [-0.2, 0) is 10.0 Å². The van der Waals surface area contributed by atoms with E-state index in [1.165, 1.54) is 17.9 Å². The molecule has 0 aliphatic heterocycles. The summed E-state index contributed by atoms with van der Waals surface area (Å²) in [6.45, 7) is 0.820. The second-order valence-electron chi connectivity index (χ2n) is 2.76. The third-order valence-corrected chi connectivity index (χ3v) is 4.69. The van der Waals surface area contributed by atoms with Crippen molar-refractivity contribution in [3.05, 3.63) is 16.5 Å². The van der Waals surface area contributed by atoms with Crippen molar-refractivity contribution in [2.24, 2.45) is 0 Å². The number of aliphatic hydroxyl groups is 1. The molecule has 0 aliphatic carbocycles. The highest BCUT2D eigenvalue weighted by atomic mass is 32.2. The lowest BCUT2D eigenvalue weighted by Gasteiger charge is -1.97. The summed E-state index contributed by atoms with van der Waals surface area (Å²) >= 11 is 0.704. The minimum Gasteiger partial charge on any atom is -0.388 e. The van der Waals surface area contributed by atoms with E-state index >= 15 is 0 Å². The van der Waals surface area contributed by atoms with Crippen LogP contribution in [0.15, 0.2) is 10.3 Å². The number of carbonyl (C=O) groups excluding carboxylic acids is 1. The summed E-state index contributed by atoms with van der Waals surface area (Å²) in [5, 5.41) is 17.0. The van der Waals surface area contributed by atoms with Gasteiger partial charge in [-0.2, -0.15) is 0 Å². The maximum absolute atomic E-state index is 11.2. The van der Waals surface area contributed by atoms with Crippen LogP contribution in [0.3, 0.4) is 0 Å². The Bertz CT molecular complexity index is 476. The average molecular weight is 251 g/mol. The van der Waals surface area contributed by atoms with Crippen molar-refractivity contribution < 1.29 is 23.5 Å². The van der Waals surface area contributed by atoms with Gasteiger partial charge in [0.05, 0.1) is 4.88 Å². The maximum Gasteiger partial charge on any atom is 0.272 e. The summed E-state index contributed by atoms with van der Waals surface area (Å²) in [4.78, 5) is 12.4. The highest BCUT2D eigenvalue weighted by Gasteiger charge is 2.21. The predicted octanol–water partition coefficient (Wildman–Crippen LogP) is -0.101. The molecule has 1 rings (SSSR count). The van der Waals surface area contributed by atoms with Gasteiger partial charge < -0.3 is 10.3 Å². The first-order valence-corrected chi connectivity index (χ1v) is 6.12. The van der Waals surface area contributed by atoms with Gasteiger partial charge in [0.2, 0.25) is 0 Å². The Hall–Kier alpha value is -0.800. The Balaban J connectivity index is 3.24. The smallest absolute Gasteiger partial charge is 0.272 e. The number of aryl methyl sites for hydroxylation is 1. The quantitative estimate of drug-likeness (QED) is 0.512. The molecule has 6 nitrogen and oxygen atoms in total. The maximum atomic E-state index is 11.2. The van der Waals surface area contributed by atoms with E-state index in [4.69, 9.17) is 10.3 Å². The topological polar surface area (TPSA) is 104 Å². The molecule has 1 heterocycles. The lowest BCUT2D eigenvalue weighted by molar-refractivity contribution is 0.0908. The Morgan fingerprint density at radius 2 is 2.20 bits per heavy atom. The third-order valence-electron chi connectivity index (χ3n) is 1.65. The first-order valence-electron chi connectivity index (χ1n) is 3.82. The van der Waals surface area contributed by atoms with E-state index in [1.807, 2.05) is 0 Å². The van der Waals surface area contributed by atoms with E-state index in [2.05, 4.69) is 0 Å². The molecule has 0 atom stereocenters. The van der Waals surface area contributed by atoms with E-state index in [1.54, 1.807) is 0 Å². The van der Waals surface area contributed by atoms with Crippen LogP contribution in [0.5, 0.6) is 0 Å². The van der Waals surface area contributed by atoms with E-state index in [9.17, 15) is 13.2 Å². The van der Waals surface area contributed by atoms with Crippen molar-refractivity contribution in [2.75, 3.05) is 6.61 Å². The van der Waals surface area contributed by atoms with Gasteiger partial charge in [0, 0.05) is 0 Å². The number of Topliss-reactive ketones (excluding diaryl/α,β-unsaturated/α-hetero) is 1. The van der Waals surface area contributed by atoms with Gasteiger partial charge in [-0.05, 0) is 18.6 Å². The average Bonchev–Trinajstić information content (AvgIpc) is 2.60. The van der Waals surface area contributed by atoms with Gasteiger partial charge >= 0.3 is 0 Å². The monoisotopic (exact) mass is 251 g/mol. The summed E-state index contributed by atoms with van der Waals surface area (Å²) in [7, 11) is -3.96. The molecule has 15 heavy (non-hydrogen) atoms. The molecule has 1 aromatic rings. The minimum atomic E-state index is -3.96. The molecule has 0 aliphatic rings. The highest BCUT2D eigenvalue weighted by molar-refractivity contribution is 7.91. The lowest BCUT2D eigenvalue weighted by atomic mass is 10.3. The van der Waals surface area contributed by atoms with Crippen molar-refractivity contribution in [1.29, 1.82) is 0 Å². The molecule has 0 saturated carbocycles. The summed E-state index contributed by atoms with van der Waals surface area (Å²) in [5.41, 5.74) is 0.346. The van der Waals surface area contributed by atoms with Gasteiger partial charge in [-0.1, -0.05) is 4.89 Å². The van der Waals surface area contributed by atoms with Crippen LogP contribution >= 0.6 is 11.3 Å². The van der Waals surface area contributed by atoms with Gasteiger partial charge in [0.15, 0.2) is 5.78 Å². The molecule has 0 amide bonds. The molecule has 0 saturated heterocycles. The first-order chi connectivity index (χ1) is 6.92. The Morgan fingerprint density at radius 3 is 2.67 bits per heavy atom. The van der Waals surface area contributed by atoms with Crippen LogP contribution in [-0.4, -0.2) is 31.1 Å². The van der Waals surface area contributed by atoms with Gasteiger partial charge in [0.25, 0.3) is 10.0 Å². The van der Waals surface area contributed by atoms with Gasteiger partial charge in [-0.15, -0.1) is 11.3 Å². The van der Waals surface area contributed by atoms with Crippen LogP contribution in [0.2, 0.25) is 0 Å². The molecular formula is C7H9NO5S2. The van der Waals surface area contributed by atoms with Crippen molar-refractivity contribution >= 4 is 27.1 Å². The molecule has 0 fully saturated rings.